The lowest BCUT2D eigenvalue weighted by molar-refractivity contribution is -0.115. The lowest BCUT2D eigenvalue weighted by atomic mass is 9.76. The number of benzene rings is 5. The predicted molar refractivity (Wildman–Crippen MR) is 207 cm³/mol. The highest BCUT2D eigenvalue weighted by Crippen LogP contribution is 2.50. The van der Waals surface area contributed by atoms with Crippen LogP contribution in [0.1, 0.15) is 58.1 Å². The number of anilines is 1. The van der Waals surface area contributed by atoms with Gasteiger partial charge in [0.15, 0.2) is 16.7 Å². The van der Waals surface area contributed by atoms with Gasteiger partial charge in [-0.1, -0.05) is 94.8 Å². The molecule has 0 aliphatic carbocycles. The van der Waals surface area contributed by atoms with Crippen LogP contribution in [0.15, 0.2) is 130 Å². The molecule has 1 saturated heterocycles. The number of carbonyl (C=O) groups excluding carboxylic acids is 1. The molecule has 3 heterocycles. The Morgan fingerprint density at radius 1 is 0.840 bits per heavy atom. The van der Waals surface area contributed by atoms with Crippen LogP contribution >= 0.6 is 27.7 Å². The van der Waals surface area contributed by atoms with Crippen molar-refractivity contribution in [2.75, 3.05) is 25.1 Å². The molecule has 0 radical (unpaired) electrons. The molecule has 1 N–H and O–H groups in total. The summed E-state index contributed by atoms with van der Waals surface area (Å²) in [4.78, 5) is 21.4. The number of rotatable bonds is 8. The van der Waals surface area contributed by atoms with E-state index < -0.39 is 0 Å². The number of thioether (sulfide) groups is 1. The molecule has 8 heteroatoms. The summed E-state index contributed by atoms with van der Waals surface area (Å²) in [6.45, 7) is 2.50. The molecule has 5 aromatic carbocycles. The number of amidine groups is 1. The van der Waals surface area contributed by atoms with Gasteiger partial charge in [-0.3, -0.25) is 4.79 Å². The highest BCUT2D eigenvalue weighted by molar-refractivity contribution is 9.10. The van der Waals surface area contributed by atoms with Gasteiger partial charge in [0.2, 0.25) is 0 Å². The first-order valence-electron chi connectivity index (χ1n) is 16.9. The fourth-order valence-corrected chi connectivity index (χ4v) is 8.39. The number of carbonyl (C=O) groups is 1. The molecule has 5 aromatic rings. The summed E-state index contributed by atoms with van der Waals surface area (Å²) < 4.78 is 12.7. The van der Waals surface area contributed by atoms with Crippen molar-refractivity contribution in [3.63, 3.8) is 0 Å². The van der Waals surface area contributed by atoms with Crippen molar-refractivity contribution < 1.29 is 14.3 Å². The van der Waals surface area contributed by atoms with Crippen molar-refractivity contribution in [1.29, 1.82) is 0 Å². The summed E-state index contributed by atoms with van der Waals surface area (Å²) in [5.41, 5.74) is 9.41. The SMILES string of the molecule is COc1cc(/C=C2\SC(=Nc3cc4c5c(c3)[C@H](c3ccccc3)CCN5CC[C@H]4c3ccccc3)NC2=O)ccc1OCc1ccc(Br)cc1. The summed E-state index contributed by atoms with van der Waals surface area (Å²) in [5, 5.41) is 3.59. The van der Waals surface area contributed by atoms with Crippen LogP contribution in [-0.2, 0) is 11.4 Å². The van der Waals surface area contributed by atoms with E-state index in [4.69, 9.17) is 14.5 Å². The van der Waals surface area contributed by atoms with E-state index in [0.717, 1.165) is 47.2 Å². The Morgan fingerprint density at radius 3 is 2.10 bits per heavy atom. The molecule has 0 spiro atoms. The zero-order chi connectivity index (χ0) is 34.0. The lowest BCUT2D eigenvalue weighted by Gasteiger charge is -2.43. The molecule has 6 nitrogen and oxygen atoms in total. The standard InChI is InChI=1S/C42H36BrN3O3S/c1-48-38-22-28(14-17-37(38)49-26-27-12-15-31(43)16-13-27)23-39-41(47)45-42(50-39)44-32-24-35-33(29-8-4-2-5-9-29)18-20-46-21-19-34(36(25-32)40(35)46)30-10-6-3-7-11-30/h2-17,22-25,33-34H,18-21,26H2,1H3,(H,44,45,47)/b39-23-/t33-,34-/m0/s1. The van der Waals surface area contributed by atoms with Crippen LogP contribution in [-0.4, -0.2) is 31.3 Å². The number of ether oxygens (including phenoxy) is 2. The first kappa shape index (κ1) is 32.4. The molecule has 3 aliphatic rings. The second kappa shape index (κ2) is 14.2. The highest BCUT2D eigenvalue weighted by Gasteiger charge is 2.35. The van der Waals surface area contributed by atoms with E-state index in [1.54, 1.807) is 7.11 Å². The van der Waals surface area contributed by atoms with E-state index >= 15 is 0 Å². The minimum Gasteiger partial charge on any atom is -0.493 e. The van der Waals surface area contributed by atoms with E-state index in [2.05, 4.69) is 98.9 Å². The van der Waals surface area contributed by atoms with Gasteiger partial charge in [-0.25, -0.2) is 4.99 Å². The average Bonchev–Trinajstić information content (AvgIpc) is 3.49. The van der Waals surface area contributed by atoms with Crippen LogP contribution in [0, 0.1) is 0 Å². The molecule has 1 fully saturated rings. The quantitative estimate of drug-likeness (QED) is 0.161. The molecule has 0 saturated carbocycles. The van der Waals surface area contributed by atoms with Crippen molar-refractivity contribution in [1.82, 2.24) is 5.32 Å². The molecule has 0 bridgehead atoms. The van der Waals surface area contributed by atoms with Crippen LogP contribution < -0.4 is 19.7 Å². The molecule has 0 unspecified atom stereocenters. The van der Waals surface area contributed by atoms with Gasteiger partial charge in [0.1, 0.15) is 6.61 Å². The molecular formula is C42H36BrN3O3S. The molecule has 250 valence electrons. The van der Waals surface area contributed by atoms with E-state index in [1.807, 2.05) is 48.5 Å². The summed E-state index contributed by atoms with van der Waals surface area (Å²) in [5.74, 6) is 1.65. The number of hydrogen-bond acceptors (Lipinski definition) is 6. The second-order valence-electron chi connectivity index (χ2n) is 12.8. The average molecular weight is 743 g/mol. The van der Waals surface area contributed by atoms with Crippen LogP contribution in [0.25, 0.3) is 6.08 Å². The smallest absolute Gasteiger partial charge is 0.264 e. The fraction of sp³-hybridized carbons (Fsp3) is 0.190. The molecule has 50 heavy (non-hydrogen) atoms. The summed E-state index contributed by atoms with van der Waals surface area (Å²) in [6, 6.07) is 39.8. The maximum atomic E-state index is 13.2. The van der Waals surface area contributed by atoms with Gasteiger partial charge in [-0.15, -0.1) is 0 Å². The molecule has 1 amide bonds. The number of methoxy groups -OCH3 is 1. The van der Waals surface area contributed by atoms with Crippen LogP contribution in [0.5, 0.6) is 11.5 Å². The normalized spacial score (nSPS) is 19.7. The molecular weight excluding hydrogens is 706 g/mol. The third-order valence-corrected chi connectivity index (χ3v) is 11.1. The van der Waals surface area contributed by atoms with Gasteiger partial charge in [0.05, 0.1) is 17.7 Å². The highest BCUT2D eigenvalue weighted by atomic mass is 79.9. The van der Waals surface area contributed by atoms with Gasteiger partial charge in [-0.2, -0.15) is 0 Å². The minimum atomic E-state index is -0.168. The Morgan fingerprint density at radius 2 is 1.48 bits per heavy atom. The van der Waals surface area contributed by atoms with E-state index in [9.17, 15) is 4.79 Å². The van der Waals surface area contributed by atoms with Crippen molar-refractivity contribution in [3.8, 4) is 11.5 Å². The van der Waals surface area contributed by atoms with Gasteiger partial charge < -0.3 is 19.7 Å². The van der Waals surface area contributed by atoms with Crippen LogP contribution in [0.2, 0.25) is 0 Å². The van der Waals surface area contributed by atoms with Crippen molar-refractivity contribution in [2.45, 2.75) is 31.3 Å². The molecule has 3 aliphatic heterocycles. The minimum absolute atomic E-state index is 0.168. The molecule has 0 aromatic heterocycles. The maximum Gasteiger partial charge on any atom is 0.264 e. The lowest BCUT2D eigenvalue weighted by Crippen LogP contribution is -2.37. The van der Waals surface area contributed by atoms with Crippen molar-refractivity contribution >= 4 is 56.2 Å². The first-order valence-corrected chi connectivity index (χ1v) is 18.5. The number of aliphatic imine (C=N–C) groups is 1. The van der Waals surface area contributed by atoms with E-state index in [1.165, 1.54) is 39.7 Å². The Labute approximate surface area is 305 Å². The second-order valence-corrected chi connectivity index (χ2v) is 14.7. The Bertz CT molecular complexity index is 2030. The number of amides is 1. The topological polar surface area (TPSA) is 63.2 Å². The van der Waals surface area contributed by atoms with Crippen molar-refractivity contribution in [3.05, 3.63) is 158 Å². The van der Waals surface area contributed by atoms with Gasteiger partial charge in [0, 0.05) is 35.1 Å². The number of hydrogen-bond donors (Lipinski definition) is 1. The number of nitrogens with one attached hydrogen (secondary N) is 1. The Balaban J connectivity index is 1.09. The van der Waals surface area contributed by atoms with Crippen LogP contribution in [0.3, 0.4) is 0 Å². The predicted octanol–water partition coefficient (Wildman–Crippen LogP) is 9.81. The molecule has 2 atom stereocenters. The van der Waals surface area contributed by atoms with Crippen molar-refractivity contribution in [2.24, 2.45) is 4.99 Å². The fourth-order valence-electron chi connectivity index (χ4n) is 7.29. The van der Waals surface area contributed by atoms with Gasteiger partial charge >= 0.3 is 0 Å². The molecule has 8 rings (SSSR count). The van der Waals surface area contributed by atoms with Gasteiger partial charge in [0.25, 0.3) is 5.91 Å². The van der Waals surface area contributed by atoms with Gasteiger partial charge in [-0.05, 0) is 100 Å². The maximum absolute atomic E-state index is 13.2. The monoisotopic (exact) mass is 741 g/mol. The number of nitrogens with zero attached hydrogens (tertiary/aromatic N) is 2. The van der Waals surface area contributed by atoms with Crippen LogP contribution in [0.4, 0.5) is 11.4 Å². The zero-order valence-electron chi connectivity index (χ0n) is 27.6. The summed E-state index contributed by atoms with van der Waals surface area (Å²) in [7, 11) is 1.62. The third kappa shape index (κ3) is 6.70. The summed E-state index contributed by atoms with van der Waals surface area (Å²) >= 11 is 4.83. The third-order valence-electron chi connectivity index (χ3n) is 9.67. The van der Waals surface area contributed by atoms with E-state index in [0.29, 0.717) is 28.2 Å². The summed E-state index contributed by atoms with van der Waals surface area (Å²) in [6.07, 6.45) is 3.99. The zero-order valence-corrected chi connectivity index (χ0v) is 30.0. The Kier molecular flexibility index (Phi) is 9.21. The first-order chi connectivity index (χ1) is 24.5. The Hall–Kier alpha value is -4.79. The largest absolute Gasteiger partial charge is 0.493 e. The van der Waals surface area contributed by atoms with E-state index in [-0.39, 0.29) is 17.7 Å². The number of halogens is 1.